The van der Waals surface area contributed by atoms with Crippen molar-refractivity contribution in [3.05, 3.63) is 48.3 Å². The molecule has 0 fully saturated rings. The first kappa shape index (κ1) is 17.7. The molecule has 0 saturated carbocycles. The predicted molar refractivity (Wildman–Crippen MR) is 102 cm³/mol. The number of carbonyl (C=O) groups is 1. The molecular formula is C20H29NOSi. The summed E-state index contributed by atoms with van der Waals surface area (Å²) in [5.41, 5.74) is 5.06. The van der Waals surface area contributed by atoms with Crippen LogP contribution in [-0.4, -0.2) is 18.8 Å². The third-order valence-electron chi connectivity index (χ3n) is 5.27. The molecule has 1 aromatic carbocycles. The molecule has 0 amide bonds. The normalized spacial score (nSPS) is 12.4. The van der Waals surface area contributed by atoms with E-state index in [1.807, 2.05) is 18.2 Å². The minimum absolute atomic E-state index is 0.670. The Morgan fingerprint density at radius 2 is 1.52 bits per heavy atom. The lowest BCUT2D eigenvalue weighted by atomic mass is 10.1. The number of nitrogens with zero attached hydrogens (tertiary/aromatic N) is 1. The lowest BCUT2D eigenvalue weighted by Gasteiger charge is -2.44. The molecule has 0 aliphatic carbocycles. The van der Waals surface area contributed by atoms with Crippen LogP contribution in [0.25, 0.3) is 11.1 Å². The average Bonchev–Trinajstić information content (AvgIpc) is 2.96. The summed E-state index contributed by atoms with van der Waals surface area (Å²) in [5, 5.41) is 0. The molecule has 2 nitrogen and oxygen atoms in total. The Bertz CT molecular complexity index is 648. The lowest BCUT2D eigenvalue weighted by Crippen LogP contribution is -2.51. The second-order valence-corrected chi connectivity index (χ2v) is 13.2. The molecule has 0 radical (unpaired) electrons. The maximum Gasteiger partial charge on any atom is 0.168 e. The van der Waals surface area contributed by atoms with Gasteiger partial charge in [-0.05, 0) is 46.1 Å². The van der Waals surface area contributed by atoms with Gasteiger partial charge in [0.2, 0.25) is 0 Å². The fourth-order valence-electron chi connectivity index (χ4n) is 4.49. The summed E-state index contributed by atoms with van der Waals surface area (Å²) < 4.78 is 2.54. The molecule has 0 N–H and O–H groups in total. The summed E-state index contributed by atoms with van der Waals surface area (Å²) in [6.45, 7) is 14.2. The van der Waals surface area contributed by atoms with Crippen molar-refractivity contribution >= 4 is 14.5 Å². The van der Waals surface area contributed by atoms with Crippen molar-refractivity contribution < 1.29 is 4.79 Å². The second kappa shape index (κ2) is 6.87. The highest BCUT2D eigenvalue weighted by atomic mass is 28.3. The Morgan fingerprint density at radius 1 is 0.913 bits per heavy atom. The molecule has 0 bridgehead atoms. The summed E-state index contributed by atoms with van der Waals surface area (Å²) in [6.07, 6.45) is 5.47. The average molecular weight is 328 g/mol. The van der Waals surface area contributed by atoms with E-state index in [0.717, 1.165) is 17.4 Å². The molecule has 1 aromatic heterocycles. The van der Waals surface area contributed by atoms with Crippen LogP contribution in [0.4, 0.5) is 0 Å². The van der Waals surface area contributed by atoms with E-state index in [-0.39, 0.29) is 0 Å². The highest BCUT2D eigenvalue weighted by molar-refractivity contribution is 6.82. The van der Waals surface area contributed by atoms with Crippen LogP contribution in [0.15, 0.2) is 42.7 Å². The van der Waals surface area contributed by atoms with Crippen LogP contribution < -0.4 is 0 Å². The molecule has 2 rings (SSSR count). The van der Waals surface area contributed by atoms with Crippen LogP contribution in [0.5, 0.6) is 0 Å². The van der Waals surface area contributed by atoms with Gasteiger partial charge in [-0.3, -0.25) is 4.79 Å². The van der Waals surface area contributed by atoms with Gasteiger partial charge in [0, 0.05) is 11.8 Å². The van der Waals surface area contributed by atoms with Crippen molar-refractivity contribution in [3.8, 4) is 11.1 Å². The van der Waals surface area contributed by atoms with Gasteiger partial charge < -0.3 is 4.23 Å². The summed E-state index contributed by atoms with van der Waals surface area (Å²) in [4.78, 5) is 11.0. The molecule has 124 valence electrons. The monoisotopic (exact) mass is 327 g/mol. The molecule has 3 heteroatoms. The van der Waals surface area contributed by atoms with Crippen LogP contribution in [0.3, 0.4) is 0 Å². The zero-order valence-corrected chi connectivity index (χ0v) is 16.2. The molecule has 0 saturated heterocycles. The van der Waals surface area contributed by atoms with E-state index in [9.17, 15) is 4.79 Å². The van der Waals surface area contributed by atoms with Crippen molar-refractivity contribution in [3.63, 3.8) is 0 Å². The van der Waals surface area contributed by atoms with Gasteiger partial charge >= 0.3 is 0 Å². The van der Waals surface area contributed by atoms with Crippen molar-refractivity contribution in [2.45, 2.75) is 58.2 Å². The summed E-state index contributed by atoms with van der Waals surface area (Å²) in [6, 6.07) is 10.0. The summed E-state index contributed by atoms with van der Waals surface area (Å²) in [7, 11) is -1.69. The van der Waals surface area contributed by atoms with E-state index < -0.39 is 8.24 Å². The fourth-order valence-corrected chi connectivity index (χ4v) is 11.0. The maximum atomic E-state index is 11.0. The molecule has 0 atom stereocenters. The summed E-state index contributed by atoms with van der Waals surface area (Å²) >= 11 is 0. The molecule has 23 heavy (non-hydrogen) atoms. The number of aromatic nitrogens is 1. The molecule has 0 aliphatic rings. The third-order valence-corrected chi connectivity index (χ3v) is 12.0. The van der Waals surface area contributed by atoms with Gasteiger partial charge in [0.05, 0.1) is 0 Å². The Kier molecular flexibility index (Phi) is 5.30. The van der Waals surface area contributed by atoms with E-state index in [0.29, 0.717) is 16.6 Å². The molecule has 0 unspecified atom stereocenters. The first-order chi connectivity index (χ1) is 10.8. The zero-order valence-electron chi connectivity index (χ0n) is 15.2. The third kappa shape index (κ3) is 3.07. The van der Waals surface area contributed by atoms with Crippen LogP contribution in [0, 0.1) is 0 Å². The first-order valence-electron chi connectivity index (χ1n) is 8.58. The Labute approximate surface area is 141 Å². The number of aldehydes is 1. The Balaban J connectivity index is 2.52. The van der Waals surface area contributed by atoms with Gasteiger partial charge in [0.25, 0.3) is 0 Å². The Morgan fingerprint density at radius 3 is 2.04 bits per heavy atom. The van der Waals surface area contributed by atoms with E-state index in [1.54, 1.807) is 0 Å². The van der Waals surface area contributed by atoms with Crippen molar-refractivity contribution in [2.24, 2.45) is 0 Å². The van der Waals surface area contributed by atoms with Gasteiger partial charge in [0.1, 0.15) is 6.29 Å². The maximum absolute atomic E-state index is 11.0. The largest absolute Gasteiger partial charge is 0.379 e. The van der Waals surface area contributed by atoms with Gasteiger partial charge in [-0.25, -0.2) is 0 Å². The SMILES string of the molecule is CC(C)[Si](C(C)C)(C(C)C)n1ccc(-c2cccc(C=O)c2)c1. The topological polar surface area (TPSA) is 22.0 Å². The number of hydrogen-bond acceptors (Lipinski definition) is 1. The van der Waals surface area contributed by atoms with Gasteiger partial charge in [-0.15, -0.1) is 0 Å². The standard InChI is InChI=1S/C20H29NOSi/c1-15(2)23(16(3)4,17(5)6)21-11-10-20(13-21)19-9-7-8-18(12-19)14-22/h7-17H,1-6H3. The molecule has 0 spiro atoms. The number of rotatable bonds is 6. The molecule has 2 aromatic rings. The minimum Gasteiger partial charge on any atom is -0.379 e. The predicted octanol–water partition coefficient (Wildman–Crippen LogP) is 5.99. The zero-order chi connectivity index (χ0) is 17.2. The minimum atomic E-state index is -1.69. The van der Waals surface area contributed by atoms with E-state index in [2.05, 4.69) is 70.3 Å². The second-order valence-electron chi connectivity index (χ2n) is 7.40. The first-order valence-corrected chi connectivity index (χ1v) is 10.8. The highest BCUT2D eigenvalue weighted by Gasteiger charge is 2.44. The quantitative estimate of drug-likeness (QED) is 0.471. The number of hydrogen-bond donors (Lipinski definition) is 0. The van der Waals surface area contributed by atoms with Gasteiger partial charge in [-0.2, -0.15) is 0 Å². The number of carbonyl (C=O) groups excluding carboxylic acids is 1. The molecule has 0 aliphatic heterocycles. The molecule has 1 heterocycles. The van der Waals surface area contributed by atoms with Crippen molar-refractivity contribution in [2.75, 3.05) is 0 Å². The highest BCUT2D eigenvalue weighted by Crippen LogP contribution is 2.43. The van der Waals surface area contributed by atoms with Gasteiger partial charge in [-0.1, -0.05) is 59.7 Å². The molecular weight excluding hydrogens is 298 g/mol. The smallest absolute Gasteiger partial charge is 0.168 e. The van der Waals surface area contributed by atoms with Crippen LogP contribution in [0.2, 0.25) is 16.6 Å². The number of benzene rings is 1. The Hall–Kier alpha value is -1.61. The van der Waals surface area contributed by atoms with Crippen molar-refractivity contribution in [1.29, 1.82) is 0 Å². The van der Waals surface area contributed by atoms with Crippen LogP contribution in [0.1, 0.15) is 51.9 Å². The van der Waals surface area contributed by atoms with Crippen LogP contribution >= 0.6 is 0 Å². The lowest BCUT2D eigenvalue weighted by molar-refractivity contribution is 0.112. The van der Waals surface area contributed by atoms with Crippen molar-refractivity contribution in [1.82, 2.24) is 4.23 Å². The van der Waals surface area contributed by atoms with Crippen LogP contribution in [-0.2, 0) is 0 Å². The summed E-state index contributed by atoms with van der Waals surface area (Å²) in [5.74, 6) is 0. The van der Waals surface area contributed by atoms with E-state index in [1.165, 1.54) is 5.56 Å². The van der Waals surface area contributed by atoms with E-state index in [4.69, 9.17) is 0 Å². The fraction of sp³-hybridized carbons (Fsp3) is 0.450. The van der Waals surface area contributed by atoms with E-state index >= 15 is 0 Å². The van der Waals surface area contributed by atoms with Gasteiger partial charge in [0.15, 0.2) is 8.24 Å².